The Morgan fingerprint density at radius 2 is 1.77 bits per heavy atom. The zero-order valence-corrected chi connectivity index (χ0v) is 17.1. The van der Waals surface area contributed by atoms with Gasteiger partial charge in [-0.2, -0.15) is 0 Å². The molecule has 3 amide bonds. The highest BCUT2D eigenvalue weighted by molar-refractivity contribution is 6.16. The Bertz CT molecular complexity index is 1020. The van der Waals surface area contributed by atoms with E-state index in [2.05, 4.69) is 0 Å². The summed E-state index contributed by atoms with van der Waals surface area (Å²) in [6.45, 7) is 0.943. The van der Waals surface area contributed by atoms with E-state index < -0.39 is 5.66 Å². The predicted molar refractivity (Wildman–Crippen MR) is 113 cm³/mol. The Balaban J connectivity index is 1.64. The summed E-state index contributed by atoms with van der Waals surface area (Å²) < 4.78 is 0. The molecule has 1 unspecified atom stereocenters. The lowest BCUT2D eigenvalue weighted by Crippen LogP contribution is -2.70. The molecule has 2 aromatic carbocycles. The minimum Gasteiger partial charge on any atom is -0.342 e. The highest BCUT2D eigenvalue weighted by Crippen LogP contribution is 2.46. The summed E-state index contributed by atoms with van der Waals surface area (Å²) in [5, 5.41) is 0. The Morgan fingerprint density at radius 3 is 2.50 bits per heavy atom. The summed E-state index contributed by atoms with van der Waals surface area (Å²) in [7, 11) is 1.79. The maximum atomic E-state index is 13.9. The molecule has 2 fully saturated rings. The number of benzene rings is 2. The second-order valence-corrected chi connectivity index (χ2v) is 8.57. The SMILES string of the molecule is CN(CC1CC1)C(=O)C12CCC(=O)N1c1ccccc1C(=O)N2Cc1ccccc1. The van der Waals surface area contributed by atoms with E-state index in [1.807, 2.05) is 36.4 Å². The third-order valence-electron chi connectivity index (χ3n) is 6.48. The average Bonchev–Trinajstić information content (AvgIpc) is 3.51. The fourth-order valence-corrected chi connectivity index (χ4v) is 4.83. The molecular weight excluding hydrogens is 378 g/mol. The molecule has 0 spiro atoms. The predicted octanol–water partition coefficient (Wildman–Crippen LogP) is 3.03. The van der Waals surface area contributed by atoms with Crippen LogP contribution in [0, 0.1) is 5.92 Å². The number of carbonyl (C=O) groups excluding carboxylic acids is 3. The lowest BCUT2D eigenvalue weighted by molar-refractivity contribution is -0.143. The van der Waals surface area contributed by atoms with E-state index in [1.54, 1.807) is 39.9 Å². The van der Waals surface area contributed by atoms with Crippen LogP contribution in [0.3, 0.4) is 0 Å². The summed E-state index contributed by atoms with van der Waals surface area (Å²) in [6.07, 6.45) is 2.81. The molecule has 3 aliphatic rings. The van der Waals surface area contributed by atoms with E-state index in [9.17, 15) is 14.4 Å². The van der Waals surface area contributed by atoms with E-state index in [-0.39, 0.29) is 30.7 Å². The molecule has 2 aromatic rings. The molecule has 6 heteroatoms. The number of para-hydroxylation sites is 1. The largest absolute Gasteiger partial charge is 0.342 e. The van der Waals surface area contributed by atoms with Crippen LogP contribution in [0.5, 0.6) is 0 Å². The van der Waals surface area contributed by atoms with Crippen LogP contribution in [0.2, 0.25) is 0 Å². The number of amides is 3. The maximum Gasteiger partial charge on any atom is 0.269 e. The fourth-order valence-electron chi connectivity index (χ4n) is 4.83. The van der Waals surface area contributed by atoms with Gasteiger partial charge in [-0.1, -0.05) is 42.5 Å². The quantitative estimate of drug-likeness (QED) is 0.771. The smallest absolute Gasteiger partial charge is 0.269 e. The van der Waals surface area contributed by atoms with Crippen molar-refractivity contribution in [3.8, 4) is 0 Å². The summed E-state index contributed by atoms with van der Waals surface area (Å²) in [4.78, 5) is 45.6. The van der Waals surface area contributed by atoms with E-state index in [0.29, 0.717) is 30.1 Å². The average molecular weight is 403 g/mol. The van der Waals surface area contributed by atoms with Crippen LogP contribution in [-0.2, 0) is 16.1 Å². The standard InChI is InChI=1S/C24H25N3O3/c1-25(15-18-11-12-18)23(30)24-14-13-21(28)27(24)20-10-6-5-9-19(20)22(29)26(24)16-17-7-3-2-4-8-17/h2-10,18H,11-16H2,1H3. The number of fused-ring (bicyclic) bond motifs is 3. The number of hydrogen-bond donors (Lipinski definition) is 0. The topological polar surface area (TPSA) is 60.9 Å². The van der Waals surface area contributed by atoms with E-state index >= 15 is 0 Å². The van der Waals surface area contributed by atoms with Gasteiger partial charge < -0.3 is 9.80 Å². The van der Waals surface area contributed by atoms with Gasteiger partial charge in [0.1, 0.15) is 0 Å². The van der Waals surface area contributed by atoms with Gasteiger partial charge in [-0.25, -0.2) is 0 Å². The van der Waals surface area contributed by atoms with Crippen LogP contribution in [0.4, 0.5) is 5.69 Å². The number of hydrogen-bond acceptors (Lipinski definition) is 3. The Kier molecular flexibility index (Phi) is 4.38. The Hall–Kier alpha value is -3.15. The van der Waals surface area contributed by atoms with Crippen molar-refractivity contribution in [3.05, 3.63) is 65.7 Å². The van der Waals surface area contributed by atoms with Crippen molar-refractivity contribution < 1.29 is 14.4 Å². The molecule has 2 heterocycles. The third-order valence-corrected chi connectivity index (χ3v) is 6.48. The van der Waals surface area contributed by atoms with Gasteiger partial charge in [0.25, 0.3) is 11.8 Å². The normalized spacial score (nSPS) is 22.7. The van der Waals surface area contributed by atoms with E-state index in [1.165, 1.54) is 0 Å². The van der Waals surface area contributed by atoms with Crippen molar-refractivity contribution in [2.24, 2.45) is 5.92 Å². The second kappa shape index (κ2) is 6.97. The Labute approximate surface area is 176 Å². The molecule has 5 rings (SSSR count). The van der Waals surface area contributed by atoms with Crippen molar-refractivity contribution in [3.63, 3.8) is 0 Å². The van der Waals surface area contributed by atoms with Gasteiger partial charge >= 0.3 is 0 Å². The summed E-state index contributed by atoms with van der Waals surface area (Å²) in [5.74, 6) is 0.0452. The lowest BCUT2D eigenvalue weighted by Gasteiger charge is -2.50. The van der Waals surface area contributed by atoms with Gasteiger partial charge in [-0.15, -0.1) is 0 Å². The zero-order valence-electron chi connectivity index (χ0n) is 17.1. The molecule has 1 atom stereocenters. The molecular formula is C24H25N3O3. The van der Waals surface area contributed by atoms with Crippen LogP contribution in [0.15, 0.2) is 54.6 Å². The first-order valence-corrected chi connectivity index (χ1v) is 10.6. The van der Waals surface area contributed by atoms with Gasteiger partial charge in [-0.05, 0) is 36.5 Å². The fraction of sp³-hybridized carbons (Fsp3) is 0.375. The number of nitrogens with zero attached hydrogens (tertiary/aromatic N) is 3. The monoisotopic (exact) mass is 403 g/mol. The van der Waals surface area contributed by atoms with Gasteiger partial charge in [-0.3, -0.25) is 19.3 Å². The molecule has 1 saturated heterocycles. The van der Waals surface area contributed by atoms with Crippen LogP contribution < -0.4 is 4.90 Å². The van der Waals surface area contributed by atoms with Gasteiger partial charge in [0, 0.05) is 33.0 Å². The molecule has 6 nitrogen and oxygen atoms in total. The molecule has 1 saturated carbocycles. The molecule has 0 N–H and O–H groups in total. The van der Waals surface area contributed by atoms with E-state index in [4.69, 9.17) is 0 Å². The highest BCUT2D eigenvalue weighted by Gasteiger charge is 2.61. The zero-order chi connectivity index (χ0) is 20.9. The van der Waals surface area contributed by atoms with Crippen molar-refractivity contribution in [2.75, 3.05) is 18.5 Å². The maximum absolute atomic E-state index is 13.9. The lowest BCUT2D eigenvalue weighted by atomic mass is 9.94. The first-order valence-electron chi connectivity index (χ1n) is 10.6. The van der Waals surface area contributed by atoms with Crippen molar-refractivity contribution in [1.29, 1.82) is 0 Å². The van der Waals surface area contributed by atoms with Crippen LogP contribution >= 0.6 is 0 Å². The van der Waals surface area contributed by atoms with E-state index in [0.717, 1.165) is 18.4 Å². The van der Waals surface area contributed by atoms with Crippen molar-refractivity contribution in [1.82, 2.24) is 9.80 Å². The first kappa shape index (κ1) is 18.9. The second-order valence-electron chi connectivity index (χ2n) is 8.57. The van der Waals surface area contributed by atoms with Crippen LogP contribution in [0.25, 0.3) is 0 Å². The molecule has 0 bridgehead atoms. The minimum atomic E-state index is -1.30. The molecule has 2 aliphatic heterocycles. The molecule has 0 aromatic heterocycles. The van der Waals surface area contributed by atoms with Crippen molar-refractivity contribution >= 4 is 23.4 Å². The number of rotatable bonds is 5. The Morgan fingerprint density at radius 1 is 1.07 bits per heavy atom. The van der Waals surface area contributed by atoms with Crippen LogP contribution in [0.1, 0.15) is 41.6 Å². The van der Waals surface area contributed by atoms with Crippen LogP contribution in [-0.4, -0.2) is 46.8 Å². The highest BCUT2D eigenvalue weighted by atomic mass is 16.2. The molecule has 0 radical (unpaired) electrons. The van der Waals surface area contributed by atoms with Gasteiger partial charge in [0.2, 0.25) is 11.6 Å². The molecule has 1 aliphatic carbocycles. The summed E-state index contributed by atoms with van der Waals surface area (Å²) >= 11 is 0. The molecule has 154 valence electrons. The summed E-state index contributed by atoms with van der Waals surface area (Å²) in [5.41, 5.74) is 0.642. The molecule has 30 heavy (non-hydrogen) atoms. The van der Waals surface area contributed by atoms with Gasteiger partial charge in [0.15, 0.2) is 0 Å². The number of carbonyl (C=O) groups is 3. The third kappa shape index (κ3) is 2.82. The number of anilines is 1. The van der Waals surface area contributed by atoms with Crippen molar-refractivity contribution in [2.45, 2.75) is 37.9 Å². The first-order chi connectivity index (χ1) is 14.5. The minimum absolute atomic E-state index is 0.110. The summed E-state index contributed by atoms with van der Waals surface area (Å²) in [6, 6.07) is 16.8. The van der Waals surface area contributed by atoms with Gasteiger partial charge in [0.05, 0.1) is 11.3 Å². The number of likely N-dealkylation sites (N-methyl/N-ethyl adjacent to an activating group) is 1.